The summed E-state index contributed by atoms with van der Waals surface area (Å²) >= 11 is 6.06. The topological polar surface area (TPSA) is 82.9 Å². The summed E-state index contributed by atoms with van der Waals surface area (Å²) in [6, 6.07) is 19.6. The fraction of sp³-hybridized carbons (Fsp3) is 0.120. The van der Waals surface area contributed by atoms with Crippen LogP contribution in [0.4, 0.5) is 0 Å². The van der Waals surface area contributed by atoms with Crippen LogP contribution in [0.15, 0.2) is 80.8 Å². The van der Waals surface area contributed by atoms with Crippen molar-refractivity contribution < 1.29 is 4.52 Å². The van der Waals surface area contributed by atoms with Gasteiger partial charge in [0.05, 0.1) is 16.6 Å². The molecule has 0 radical (unpaired) electrons. The van der Waals surface area contributed by atoms with Crippen LogP contribution in [-0.2, 0) is 6.54 Å². The maximum absolute atomic E-state index is 13.5. The van der Waals surface area contributed by atoms with Crippen LogP contribution < -0.4 is 11.2 Å². The quantitative estimate of drug-likeness (QED) is 0.395. The van der Waals surface area contributed by atoms with Gasteiger partial charge in [-0.25, -0.2) is 9.36 Å². The van der Waals surface area contributed by atoms with E-state index in [0.717, 1.165) is 11.1 Å². The summed E-state index contributed by atoms with van der Waals surface area (Å²) in [5, 5.41) is 5.00. The zero-order valence-electron chi connectivity index (χ0n) is 17.9. The van der Waals surface area contributed by atoms with Crippen molar-refractivity contribution in [3.05, 3.63) is 110 Å². The third kappa shape index (κ3) is 3.76. The lowest BCUT2D eigenvalue weighted by Gasteiger charge is -2.13. The Morgan fingerprint density at radius 1 is 0.939 bits per heavy atom. The Bertz CT molecular complexity index is 1630. The molecule has 0 unspecified atom stereocenters. The Labute approximate surface area is 193 Å². The molecule has 0 N–H and O–H groups in total. The molecule has 2 aromatic heterocycles. The summed E-state index contributed by atoms with van der Waals surface area (Å²) in [5.41, 5.74) is 2.92. The zero-order chi connectivity index (χ0) is 23.1. The molecule has 0 aliphatic heterocycles. The lowest BCUT2D eigenvalue weighted by Crippen LogP contribution is -2.39. The molecule has 2 heterocycles. The van der Waals surface area contributed by atoms with E-state index >= 15 is 0 Å². The van der Waals surface area contributed by atoms with Crippen molar-refractivity contribution in [1.29, 1.82) is 0 Å². The first kappa shape index (κ1) is 20.9. The van der Waals surface area contributed by atoms with Gasteiger partial charge in [-0.15, -0.1) is 0 Å². The second-order valence-corrected chi connectivity index (χ2v) is 8.25. The highest BCUT2D eigenvalue weighted by Gasteiger charge is 2.17. The highest BCUT2D eigenvalue weighted by atomic mass is 35.5. The maximum atomic E-state index is 13.5. The molecule has 8 heteroatoms. The zero-order valence-corrected chi connectivity index (χ0v) is 18.7. The van der Waals surface area contributed by atoms with Crippen molar-refractivity contribution in [2.45, 2.75) is 20.4 Å². The summed E-state index contributed by atoms with van der Waals surface area (Å²) in [4.78, 5) is 31.2. The predicted octanol–water partition coefficient (Wildman–Crippen LogP) is 4.52. The Morgan fingerprint density at radius 2 is 1.76 bits per heavy atom. The Morgan fingerprint density at radius 3 is 2.55 bits per heavy atom. The van der Waals surface area contributed by atoms with E-state index in [1.165, 1.54) is 9.13 Å². The summed E-state index contributed by atoms with van der Waals surface area (Å²) in [6.45, 7) is 3.94. The van der Waals surface area contributed by atoms with E-state index in [2.05, 4.69) is 10.1 Å². The number of halogens is 1. The van der Waals surface area contributed by atoms with Crippen molar-refractivity contribution in [3.63, 3.8) is 0 Å². The highest BCUT2D eigenvalue weighted by Crippen LogP contribution is 2.20. The normalized spacial score (nSPS) is 11.2. The molecule has 0 spiro atoms. The van der Waals surface area contributed by atoms with Gasteiger partial charge in [-0.05, 0) is 61.4 Å². The summed E-state index contributed by atoms with van der Waals surface area (Å²) in [7, 11) is 0. The van der Waals surface area contributed by atoms with E-state index in [-0.39, 0.29) is 18.0 Å². The van der Waals surface area contributed by atoms with Gasteiger partial charge in [0.15, 0.2) is 0 Å². The number of aryl methyl sites for hydroxylation is 2. The number of rotatable bonds is 4. The van der Waals surface area contributed by atoms with E-state index in [1.807, 2.05) is 32.0 Å². The average molecular weight is 459 g/mol. The molecule has 0 saturated heterocycles. The van der Waals surface area contributed by atoms with Gasteiger partial charge in [-0.3, -0.25) is 9.36 Å². The number of para-hydroxylation sites is 1. The number of nitrogens with zero attached hydrogens (tertiary/aromatic N) is 4. The minimum absolute atomic E-state index is 0.0119. The van der Waals surface area contributed by atoms with Gasteiger partial charge in [-0.2, -0.15) is 4.98 Å². The smallest absolute Gasteiger partial charge is 0.336 e. The van der Waals surface area contributed by atoms with Crippen LogP contribution in [0.1, 0.15) is 17.0 Å². The number of aromatic nitrogens is 4. The van der Waals surface area contributed by atoms with Crippen molar-refractivity contribution in [1.82, 2.24) is 19.3 Å². The van der Waals surface area contributed by atoms with Crippen LogP contribution in [0.3, 0.4) is 0 Å². The molecule has 0 aliphatic rings. The molecular weight excluding hydrogens is 440 g/mol. The van der Waals surface area contributed by atoms with Crippen LogP contribution >= 0.6 is 11.6 Å². The molecular formula is C25H19ClN4O3. The summed E-state index contributed by atoms with van der Waals surface area (Å²) in [6.07, 6.45) is 0. The first-order valence-corrected chi connectivity index (χ1v) is 10.7. The van der Waals surface area contributed by atoms with E-state index in [0.29, 0.717) is 33.0 Å². The van der Waals surface area contributed by atoms with E-state index in [4.69, 9.17) is 16.1 Å². The first-order valence-electron chi connectivity index (χ1n) is 10.3. The van der Waals surface area contributed by atoms with Gasteiger partial charge in [-0.1, -0.05) is 47.1 Å². The van der Waals surface area contributed by atoms with Gasteiger partial charge in [0.25, 0.3) is 5.56 Å². The minimum atomic E-state index is -0.482. The third-order valence-electron chi connectivity index (χ3n) is 5.64. The molecule has 33 heavy (non-hydrogen) atoms. The standard InChI is InChI=1S/C25H19ClN4O3/c1-15-10-11-19(12-16(15)2)30-24(31)20-8-3-4-9-21(20)29(25(30)32)14-22-27-23(28-33-22)17-6-5-7-18(26)13-17/h3-13H,14H2,1-2H3. The Balaban J connectivity index is 1.67. The number of hydrogen-bond donors (Lipinski definition) is 0. The molecule has 5 aromatic rings. The second-order valence-electron chi connectivity index (χ2n) is 7.82. The number of hydrogen-bond acceptors (Lipinski definition) is 5. The maximum Gasteiger partial charge on any atom is 0.336 e. The van der Waals surface area contributed by atoms with Crippen molar-refractivity contribution in [3.8, 4) is 17.1 Å². The van der Waals surface area contributed by atoms with Crippen molar-refractivity contribution in [2.24, 2.45) is 0 Å². The first-order chi connectivity index (χ1) is 15.9. The van der Waals surface area contributed by atoms with Gasteiger partial charge >= 0.3 is 5.69 Å². The van der Waals surface area contributed by atoms with Crippen LogP contribution in [0.25, 0.3) is 28.0 Å². The number of fused-ring (bicyclic) bond motifs is 1. The lowest BCUT2D eigenvalue weighted by atomic mass is 10.1. The molecule has 3 aromatic carbocycles. The third-order valence-corrected chi connectivity index (χ3v) is 5.88. The lowest BCUT2D eigenvalue weighted by molar-refractivity contribution is 0.370. The molecule has 0 atom stereocenters. The van der Waals surface area contributed by atoms with Crippen molar-refractivity contribution >= 4 is 22.5 Å². The summed E-state index contributed by atoms with van der Waals surface area (Å²) in [5.74, 6) is 0.606. The fourth-order valence-corrected chi connectivity index (χ4v) is 3.96. The van der Waals surface area contributed by atoms with Gasteiger partial charge in [0, 0.05) is 10.6 Å². The average Bonchev–Trinajstić information content (AvgIpc) is 3.28. The van der Waals surface area contributed by atoms with Gasteiger partial charge < -0.3 is 4.52 Å². The molecule has 5 rings (SSSR count). The van der Waals surface area contributed by atoms with Crippen molar-refractivity contribution in [2.75, 3.05) is 0 Å². The molecule has 0 amide bonds. The molecule has 0 saturated carbocycles. The van der Waals surface area contributed by atoms with E-state index in [9.17, 15) is 9.59 Å². The van der Waals surface area contributed by atoms with Crippen LogP contribution in [0.5, 0.6) is 0 Å². The monoisotopic (exact) mass is 458 g/mol. The fourth-order valence-electron chi connectivity index (χ4n) is 3.77. The molecule has 0 aliphatic carbocycles. The van der Waals surface area contributed by atoms with Crippen LogP contribution in [0, 0.1) is 13.8 Å². The van der Waals surface area contributed by atoms with Crippen LogP contribution in [-0.4, -0.2) is 19.3 Å². The van der Waals surface area contributed by atoms with E-state index < -0.39 is 5.69 Å². The van der Waals surface area contributed by atoms with Gasteiger partial charge in [0.2, 0.25) is 11.7 Å². The SMILES string of the molecule is Cc1ccc(-n2c(=O)c3ccccc3n(Cc3nc(-c4cccc(Cl)c4)no3)c2=O)cc1C. The minimum Gasteiger partial charge on any atom is -0.337 e. The number of benzene rings is 3. The molecule has 0 bridgehead atoms. The van der Waals surface area contributed by atoms with Crippen LogP contribution in [0.2, 0.25) is 5.02 Å². The predicted molar refractivity (Wildman–Crippen MR) is 127 cm³/mol. The largest absolute Gasteiger partial charge is 0.337 e. The summed E-state index contributed by atoms with van der Waals surface area (Å²) < 4.78 is 8.08. The second kappa shape index (κ2) is 8.18. The molecule has 164 valence electrons. The Hall–Kier alpha value is -3.97. The molecule has 0 fully saturated rings. The van der Waals surface area contributed by atoms with E-state index in [1.54, 1.807) is 48.5 Å². The highest BCUT2D eigenvalue weighted by molar-refractivity contribution is 6.30. The Kier molecular flexibility index (Phi) is 5.18. The molecule has 7 nitrogen and oxygen atoms in total. The van der Waals surface area contributed by atoms with Gasteiger partial charge in [0.1, 0.15) is 6.54 Å².